The number of halogens is 19. The third-order valence-electron chi connectivity index (χ3n) is 2.52. The molecule has 0 aliphatic carbocycles. The summed E-state index contributed by atoms with van der Waals surface area (Å²) in [4.78, 5) is 0. The monoisotopic (exact) mass is 549 g/mol. The zero-order chi connectivity index (χ0) is 26.6. The molecule has 4 atom stereocenters. The Morgan fingerprint density at radius 1 is 0.438 bits per heavy atom. The molecule has 0 amide bonds. The minimum atomic E-state index is -7.78. The van der Waals surface area contributed by atoms with Crippen LogP contribution in [0, 0.1) is 0 Å². The first kappa shape index (κ1) is 30.9. The van der Waals surface area contributed by atoms with Gasteiger partial charge in [-0.1, -0.05) is 11.6 Å². The molecular weight excluding hydrogens is 550 g/mol. The van der Waals surface area contributed by atoms with Crippen molar-refractivity contribution in [3.8, 4) is 0 Å². The fourth-order valence-electron chi connectivity index (χ4n) is 1.06. The first-order valence-corrected chi connectivity index (χ1v) is 6.65. The van der Waals surface area contributed by atoms with Crippen LogP contribution in [0.1, 0.15) is 0 Å². The van der Waals surface area contributed by atoms with Crippen LogP contribution in [-0.2, 0) is 14.2 Å². The van der Waals surface area contributed by atoms with Crippen LogP contribution in [0.4, 0.5) is 79.0 Å². The summed E-state index contributed by atoms with van der Waals surface area (Å²) >= 11 is 3.53. The van der Waals surface area contributed by atoms with Gasteiger partial charge in [0.1, 0.15) is 0 Å². The van der Waals surface area contributed by atoms with Gasteiger partial charge in [-0.3, -0.25) is 4.74 Å². The Bertz CT molecular complexity index is 663. The lowest BCUT2D eigenvalue weighted by atomic mass is 10.3. The summed E-state index contributed by atoms with van der Waals surface area (Å²) in [5, 5.41) is 3.31. The van der Waals surface area contributed by atoms with Gasteiger partial charge < -0.3 is 5.11 Å². The first-order chi connectivity index (χ1) is 13.4. The van der Waals surface area contributed by atoms with Crippen molar-refractivity contribution in [2.45, 2.75) is 54.1 Å². The van der Waals surface area contributed by atoms with Crippen molar-refractivity contribution in [3.63, 3.8) is 0 Å². The van der Waals surface area contributed by atoms with Crippen LogP contribution in [0.3, 0.4) is 0 Å². The number of rotatable bonds is 7. The maximum absolute atomic E-state index is 13.6. The topological polar surface area (TPSA) is 50.8 Å². The molecule has 0 radical (unpaired) electrons. The second-order valence-electron chi connectivity index (χ2n) is 5.00. The van der Waals surface area contributed by atoms with Gasteiger partial charge >= 0.3 is 48.0 Å². The van der Waals surface area contributed by atoms with E-state index in [1.165, 1.54) is 14.2 Å². The number of alkyl halides is 19. The van der Waals surface area contributed by atoms with Crippen LogP contribution in [0.25, 0.3) is 0 Å². The number of hydrogen-bond acceptors (Lipinski definition) is 4. The Hall–Kier alpha value is -1.13. The molecule has 0 aliphatic rings. The van der Waals surface area contributed by atoms with Crippen LogP contribution >= 0.6 is 11.6 Å². The number of ether oxygens (including phenoxy) is 3. The second kappa shape index (κ2) is 7.98. The molecule has 0 fully saturated rings. The van der Waals surface area contributed by atoms with Crippen molar-refractivity contribution in [2.75, 3.05) is 0 Å². The zero-order valence-corrected chi connectivity index (χ0v) is 14.1. The summed E-state index contributed by atoms with van der Waals surface area (Å²) < 4.78 is 230. The summed E-state index contributed by atoms with van der Waals surface area (Å²) in [6.07, 6.45) is -37.5. The van der Waals surface area contributed by atoms with E-state index in [1.807, 2.05) is 0 Å². The van der Waals surface area contributed by atoms with Crippen molar-refractivity contribution in [1.29, 1.82) is 0 Å². The molecule has 0 aliphatic heterocycles. The Morgan fingerprint density at radius 2 is 0.750 bits per heavy atom. The molecule has 194 valence electrons. The average Bonchev–Trinajstić information content (AvgIpc) is 2.40. The molecule has 0 heterocycles. The van der Waals surface area contributed by atoms with Crippen LogP contribution in [0.2, 0.25) is 0 Å². The fourth-order valence-corrected chi connectivity index (χ4v) is 1.10. The molecule has 0 aromatic carbocycles. The highest BCUT2D eigenvalue weighted by atomic mass is 35.5. The minimum Gasteiger partial charge on any atom is -0.795 e. The lowest BCUT2D eigenvalue weighted by Gasteiger charge is -2.42. The van der Waals surface area contributed by atoms with Gasteiger partial charge in [0, 0.05) is 0 Å². The SMILES string of the molecule is [O-]C(F)(OC(F)(OC(F)(OC(F)(F)C(F)(Cl)C(F)(F)F)C(F)(F)F)C(F)(F)F)C(F)(F)F. The van der Waals surface area contributed by atoms with E-state index in [-0.39, 0.29) is 0 Å². The van der Waals surface area contributed by atoms with Gasteiger partial charge in [-0.25, -0.2) is 18.3 Å². The molecule has 0 saturated heterocycles. The van der Waals surface area contributed by atoms with Crippen molar-refractivity contribution in [2.24, 2.45) is 0 Å². The van der Waals surface area contributed by atoms with Crippen LogP contribution in [-0.4, -0.2) is 54.1 Å². The van der Waals surface area contributed by atoms with Crippen LogP contribution in [0.5, 0.6) is 0 Å². The lowest BCUT2D eigenvalue weighted by molar-refractivity contribution is -0.705. The van der Waals surface area contributed by atoms with Crippen molar-refractivity contribution >= 4 is 11.6 Å². The Morgan fingerprint density at radius 3 is 1.00 bits per heavy atom. The van der Waals surface area contributed by atoms with E-state index in [4.69, 9.17) is 0 Å². The van der Waals surface area contributed by atoms with Gasteiger partial charge in [0.25, 0.3) is 0 Å². The molecule has 32 heavy (non-hydrogen) atoms. The maximum atomic E-state index is 13.6. The molecule has 23 heteroatoms. The van der Waals surface area contributed by atoms with E-state index in [9.17, 15) is 84.1 Å². The predicted molar refractivity (Wildman–Crippen MR) is 53.6 cm³/mol. The molecule has 0 aromatic heterocycles. The van der Waals surface area contributed by atoms with Crippen molar-refractivity contribution < 1.29 is 98.3 Å². The fraction of sp³-hybridized carbons (Fsp3) is 1.00. The van der Waals surface area contributed by atoms with Crippen molar-refractivity contribution in [3.05, 3.63) is 0 Å². The van der Waals surface area contributed by atoms with Gasteiger partial charge in [0.15, 0.2) is 0 Å². The van der Waals surface area contributed by atoms with Gasteiger partial charge in [-0.2, -0.15) is 70.2 Å². The Labute approximate surface area is 165 Å². The molecule has 0 N–H and O–H groups in total. The standard InChI is InChI=1S/C9ClF18O4/c10-1(11,2(12,13)14)6(24,25)30-8(27,4(18,19)20)32-9(28,5(21,22)23)31-7(26,29)3(15,16)17/q-1. The Balaban J connectivity index is 6.62. The highest BCUT2D eigenvalue weighted by Gasteiger charge is 2.80. The maximum Gasteiger partial charge on any atom is 0.478 e. The quantitative estimate of drug-likeness (QED) is 0.255. The molecule has 4 nitrogen and oxygen atoms in total. The van der Waals surface area contributed by atoms with Gasteiger partial charge in [-0.15, -0.1) is 0 Å². The highest BCUT2D eigenvalue weighted by molar-refractivity contribution is 6.24. The molecule has 0 saturated carbocycles. The van der Waals surface area contributed by atoms with E-state index in [1.54, 1.807) is 0 Å². The average molecular weight is 550 g/mol. The van der Waals surface area contributed by atoms with E-state index in [0.29, 0.717) is 0 Å². The Kier molecular flexibility index (Phi) is 7.69. The van der Waals surface area contributed by atoms with Gasteiger partial charge in [0.2, 0.25) is 6.04 Å². The lowest BCUT2D eigenvalue weighted by Crippen LogP contribution is -2.67. The smallest absolute Gasteiger partial charge is 0.478 e. The van der Waals surface area contributed by atoms with Crippen LogP contribution < -0.4 is 5.11 Å². The van der Waals surface area contributed by atoms with E-state index >= 15 is 0 Å². The third-order valence-corrected chi connectivity index (χ3v) is 2.96. The van der Waals surface area contributed by atoms with Gasteiger partial charge in [0.05, 0.1) is 0 Å². The summed E-state index contributed by atoms with van der Waals surface area (Å²) in [5.74, 6) is 0. The molecule has 0 rings (SSSR count). The molecular formula is C9ClF18O4-. The predicted octanol–water partition coefficient (Wildman–Crippen LogP) is 5.01. The van der Waals surface area contributed by atoms with E-state index in [2.05, 4.69) is 11.6 Å². The highest BCUT2D eigenvalue weighted by Crippen LogP contribution is 2.55. The molecule has 0 spiro atoms. The summed E-state index contributed by atoms with van der Waals surface area (Å²) in [5.41, 5.74) is 0. The summed E-state index contributed by atoms with van der Waals surface area (Å²) in [6, 6.07) is -22.7. The summed E-state index contributed by atoms with van der Waals surface area (Å²) in [7, 11) is 0. The first-order valence-electron chi connectivity index (χ1n) is 6.27. The second-order valence-corrected chi connectivity index (χ2v) is 5.52. The zero-order valence-electron chi connectivity index (χ0n) is 13.3. The van der Waals surface area contributed by atoms with E-state index < -0.39 is 54.1 Å². The van der Waals surface area contributed by atoms with Crippen LogP contribution in [0.15, 0.2) is 0 Å². The third kappa shape index (κ3) is 5.86. The summed E-state index contributed by atoms with van der Waals surface area (Å²) in [6.45, 7) is 0. The molecule has 0 bridgehead atoms. The minimum absolute atomic E-state index is 1.44. The number of hydrogen-bond donors (Lipinski definition) is 0. The van der Waals surface area contributed by atoms with Gasteiger partial charge in [-0.05, 0) is 0 Å². The molecule has 4 unspecified atom stereocenters. The molecule has 0 aromatic rings. The largest absolute Gasteiger partial charge is 0.795 e. The van der Waals surface area contributed by atoms with Crippen molar-refractivity contribution in [1.82, 2.24) is 0 Å². The normalized spacial score (nSPS) is 22.5. The van der Waals surface area contributed by atoms with E-state index in [0.717, 1.165) is 0 Å².